The van der Waals surface area contributed by atoms with E-state index in [0.717, 1.165) is 0 Å². The van der Waals surface area contributed by atoms with E-state index in [0.29, 0.717) is 6.47 Å². The van der Waals surface area contributed by atoms with Crippen molar-refractivity contribution in [3.05, 3.63) is 142 Å². The van der Waals surface area contributed by atoms with Crippen molar-refractivity contribution < 1.29 is 44.2 Å². The van der Waals surface area contributed by atoms with Gasteiger partial charge in [0.2, 0.25) is 0 Å². The summed E-state index contributed by atoms with van der Waals surface area (Å²) >= 11 is 0. The molecule has 0 fully saturated rings. The van der Waals surface area contributed by atoms with E-state index in [1.165, 1.54) is 0 Å². The van der Waals surface area contributed by atoms with Crippen LogP contribution in [0.1, 0.15) is 0 Å². The molecule has 0 aromatic carbocycles. The maximum Gasteiger partial charge on any atom is 0.394 e. The number of nitrogens with zero attached hydrogens (tertiary/aromatic N) is 6. The van der Waals surface area contributed by atoms with Crippen LogP contribution >= 0.6 is 0 Å². The van der Waals surface area contributed by atoms with Crippen molar-refractivity contribution in [3.63, 3.8) is 0 Å². The van der Waals surface area contributed by atoms with Gasteiger partial charge in [-0.25, -0.2) is 0 Å². The first kappa shape index (κ1) is 46.7. The zero-order chi connectivity index (χ0) is 28.2. The molecule has 5 N–H and O–H groups in total. The number of hydrogen-bond donors (Lipinski definition) is 3. The van der Waals surface area contributed by atoms with Gasteiger partial charge < -0.3 is 59.7 Å². The predicted molar refractivity (Wildman–Crippen MR) is 130 cm³/mol. The van der Waals surface area contributed by atoms with Gasteiger partial charge in [-0.05, 0) is 0 Å². The van der Waals surface area contributed by atoms with Gasteiger partial charge in [-0.2, -0.15) is 81.2 Å². The maximum atomic E-state index is 8.74. The van der Waals surface area contributed by atoms with Crippen molar-refractivity contribution in [1.29, 1.82) is 10.5 Å². The first-order chi connectivity index (χ1) is 17.4. The molecular weight excluding hydrogens is 561 g/mol. The van der Waals surface area contributed by atoms with E-state index in [1.807, 2.05) is 48.5 Å². The third-order valence-electron chi connectivity index (χ3n) is 2.07. The minimum absolute atomic E-state index is 0. The van der Waals surface area contributed by atoms with Crippen LogP contribution in [0.4, 0.5) is 0 Å². The molecule has 13 nitrogen and oxygen atoms in total. The molecule has 38 heavy (non-hydrogen) atoms. The first-order valence-corrected chi connectivity index (χ1v) is 10.1. The fourth-order valence-electron chi connectivity index (χ4n) is 1.11. The van der Waals surface area contributed by atoms with E-state index in [1.54, 1.807) is 49.1 Å². The van der Waals surface area contributed by atoms with Crippen LogP contribution in [0.15, 0.2) is 97.6 Å². The second-order valence-corrected chi connectivity index (χ2v) is 5.27. The third kappa shape index (κ3) is 77.1. The molecule has 1 radical (unpaired) electrons. The topological polar surface area (TPSA) is 245 Å². The Hall–Kier alpha value is -4.61. The van der Waals surface area contributed by atoms with Crippen molar-refractivity contribution in [2.75, 3.05) is 0 Å². The van der Waals surface area contributed by atoms with Gasteiger partial charge in [-0.15, -0.1) is 0 Å². The molecule has 4 rings (SSSR count). The van der Waals surface area contributed by atoms with Gasteiger partial charge in [-0.3, -0.25) is 9.11 Å². The van der Waals surface area contributed by atoms with Gasteiger partial charge in [0.15, 0.2) is 0 Å². The van der Waals surface area contributed by atoms with E-state index in [2.05, 4.69) is 44.7 Å². The Morgan fingerprint density at radius 1 is 0.605 bits per heavy atom. The van der Waals surface area contributed by atoms with Crippen LogP contribution in [0.25, 0.3) is 6.15 Å². The standard InChI is InChI=1S/4C5H4N.2CN.CHO2.Co.H2N.H2O4S/c4*1-2-4-6-5-3-1;2*1-2;2-1-3;;;1-5(2,3)4/h4*1-4H;;;(H,2,3);;1H2;(H2,1,2,3,4)/q7*-1;;-1;. The molecule has 15 heteroatoms. The molecule has 0 unspecified atom stereocenters. The monoisotopic (exact) mass is 582 g/mol. The number of hydrogen-bond acceptors (Lipinski definition) is 9. The smallest absolute Gasteiger partial charge is 0.394 e. The molecule has 0 spiro atoms. The van der Waals surface area contributed by atoms with Gasteiger partial charge in [0.1, 0.15) is 0 Å². The Morgan fingerprint density at radius 3 is 0.789 bits per heavy atom. The Kier molecular flexibility index (Phi) is 56.3. The summed E-state index contributed by atoms with van der Waals surface area (Å²) in [5.74, 6) is 0. The second kappa shape index (κ2) is 45.8. The van der Waals surface area contributed by atoms with E-state index < -0.39 is 10.4 Å². The molecule has 207 valence electrons. The van der Waals surface area contributed by atoms with Crippen LogP contribution in [-0.2, 0) is 32.0 Å². The second-order valence-electron chi connectivity index (χ2n) is 4.37. The molecule has 0 bridgehead atoms. The molecule has 0 aliphatic heterocycles. The van der Waals surface area contributed by atoms with Crippen LogP contribution in [-0.4, -0.2) is 49.0 Å². The van der Waals surface area contributed by atoms with Gasteiger partial charge in [0.25, 0.3) is 0 Å². The zero-order valence-electron chi connectivity index (χ0n) is 19.3. The molecule has 4 aromatic rings. The SMILES string of the molecule is O=S(=O)(O)O.O=[C-]O.[C-]#N.[C-]#N.[Co].[NH2-].[c-]1ccccn1.[c-]1ccccn1.[c-]1ccccn1.[c-]1ccccn1. The zero-order valence-corrected chi connectivity index (χ0v) is 21.2. The molecule has 0 saturated carbocycles. The van der Waals surface area contributed by atoms with Crippen LogP contribution < -0.4 is 0 Å². The molecular formula is C23H21CoN7O6S-8. The van der Waals surface area contributed by atoms with Gasteiger partial charge in [-0.1, -0.05) is 56.0 Å². The summed E-state index contributed by atoms with van der Waals surface area (Å²) in [6.07, 6.45) is 17.3. The Labute approximate surface area is 232 Å². The number of nitrogens with two attached hydrogens (primary N) is 1. The van der Waals surface area contributed by atoms with Crippen LogP contribution in [0.2, 0.25) is 0 Å². The van der Waals surface area contributed by atoms with E-state index in [-0.39, 0.29) is 22.9 Å². The largest absolute Gasteiger partial charge is 0.693 e. The molecule has 4 heterocycles. The molecule has 0 aliphatic carbocycles. The predicted octanol–water partition coefficient (Wildman–Crippen LogP) is 3.39. The molecule has 0 atom stereocenters. The van der Waals surface area contributed by atoms with Crippen LogP contribution in [0.5, 0.6) is 0 Å². The van der Waals surface area contributed by atoms with Gasteiger partial charge >= 0.3 is 10.4 Å². The van der Waals surface area contributed by atoms with Crippen molar-refractivity contribution in [2.24, 2.45) is 0 Å². The fraction of sp³-hybridized carbons (Fsp3) is 0. The maximum absolute atomic E-state index is 8.74. The number of rotatable bonds is 0. The number of aliphatic hydroxyl groups excluding tert-OH is 1. The van der Waals surface area contributed by atoms with E-state index in [4.69, 9.17) is 51.1 Å². The number of pyridine rings is 4. The fourth-order valence-corrected chi connectivity index (χ4v) is 1.11. The molecule has 0 aliphatic rings. The summed E-state index contributed by atoms with van der Waals surface area (Å²) < 4.78 is 31.6. The molecule has 0 amide bonds. The van der Waals surface area contributed by atoms with Crippen LogP contribution in [0, 0.1) is 48.5 Å². The summed E-state index contributed by atoms with van der Waals surface area (Å²) in [6, 6.07) is 22.0. The van der Waals surface area contributed by atoms with Crippen molar-refractivity contribution >= 4 is 16.9 Å². The van der Waals surface area contributed by atoms with Crippen molar-refractivity contribution in [1.82, 2.24) is 19.9 Å². The summed E-state index contributed by atoms with van der Waals surface area (Å²) in [6.45, 7) is 10.0. The Bertz CT molecular complexity index is 790. The average Bonchev–Trinajstić information content (AvgIpc) is 2.95. The quantitative estimate of drug-likeness (QED) is 0.199. The summed E-state index contributed by atoms with van der Waals surface area (Å²) in [7, 11) is -4.67. The van der Waals surface area contributed by atoms with Crippen LogP contribution in [0.3, 0.4) is 0 Å². The van der Waals surface area contributed by atoms with E-state index in [9.17, 15) is 0 Å². The van der Waals surface area contributed by atoms with Gasteiger partial charge in [0.05, 0.1) is 0 Å². The third-order valence-corrected chi connectivity index (χ3v) is 2.07. The number of aromatic nitrogens is 4. The normalized spacial score (nSPS) is 7.00. The first-order valence-electron chi connectivity index (χ1n) is 8.66. The van der Waals surface area contributed by atoms with Crippen molar-refractivity contribution in [3.8, 4) is 0 Å². The Morgan fingerprint density at radius 2 is 0.763 bits per heavy atom. The molecule has 0 saturated heterocycles. The molecule has 4 aromatic heterocycles. The summed E-state index contributed by atoms with van der Waals surface area (Å²) in [5, 5.41) is 19.3. The van der Waals surface area contributed by atoms with Crippen molar-refractivity contribution in [2.45, 2.75) is 0 Å². The van der Waals surface area contributed by atoms with E-state index >= 15 is 0 Å². The summed E-state index contributed by atoms with van der Waals surface area (Å²) in [4.78, 5) is 22.9. The summed E-state index contributed by atoms with van der Waals surface area (Å²) in [5.41, 5.74) is 0. The average molecular weight is 582 g/mol. The van der Waals surface area contributed by atoms with Gasteiger partial charge in [0, 0.05) is 16.8 Å². The minimum Gasteiger partial charge on any atom is -0.693 e. The minimum atomic E-state index is -4.67. The Balaban J connectivity index is -0.0000000787.